The van der Waals surface area contributed by atoms with Gasteiger partial charge in [-0.1, -0.05) is 0 Å². The first-order chi connectivity index (χ1) is 7.36. The Morgan fingerprint density at radius 3 is 2.88 bits per heavy atom. The molecular weight excluding hydrogens is 244 g/mol. The summed E-state index contributed by atoms with van der Waals surface area (Å²) in [7, 11) is 0. The van der Waals surface area contributed by atoms with Crippen molar-refractivity contribution in [2.75, 3.05) is 18.8 Å². The second-order valence-electron chi connectivity index (χ2n) is 4.37. The van der Waals surface area contributed by atoms with Gasteiger partial charge in [0.2, 0.25) is 5.91 Å². The Kier molecular flexibility index (Phi) is 6.54. The van der Waals surface area contributed by atoms with Gasteiger partial charge in [0.1, 0.15) is 0 Å². The number of carbonyl (C=O) groups excluding carboxylic acids is 1. The topological polar surface area (TPSA) is 41.1 Å². The van der Waals surface area contributed by atoms with Crippen molar-refractivity contribution in [3.05, 3.63) is 0 Å². The highest BCUT2D eigenvalue weighted by molar-refractivity contribution is 8.00. The zero-order chi connectivity index (χ0) is 10.5. The summed E-state index contributed by atoms with van der Waals surface area (Å²) in [5, 5.41) is 6.73. The molecule has 0 bridgehead atoms. The number of hydrogen-bond acceptors (Lipinski definition) is 3. The molecule has 3 nitrogen and oxygen atoms in total. The van der Waals surface area contributed by atoms with Crippen LogP contribution in [0.5, 0.6) is 0 Å². The monoisotopic (exact) mass is 264 g/mol. The normalized spacial score (nSPS) is 28.8. The molecule has 0 radical (unpaired) electrons. The molecule has 1 unspecified atom stereocenters. The number of nitrogens with one attached hydrogen (secondary N) is 2. The molecule has 2 saturated heterocycles. The van der Waals surface area contributed by atoms with Gasteiger partial charge in [0.15, 0.2) is 0 Å². The van der Waals surface area contributed by atoms with Crippen molar-refractivity contribution in [2.24, 2.45) is 0 Å². The number of amides is 1. The number of thioether (sulfide) groups is 1. The molecule has 2 aliphatic heterocycles. The Morgan fingerprint density at radius 1 is 1.38 bits per heavy atom. The van der Waals surface area contributed by atoms with Gasteiger partial charge < -0.3 is 10.6 Å². The third-order valence-electron chi connectivity index (χ3n) is 3.18. The molecule has 0 aromatic carbocycles. The molecule has 2 fully saturated rings. The molecular formula is C11H21ClN2OS. The summed E-state index contributed by atoms with van der Waals surface area (Å²) >= 11 is 1.81. The summed E-state index contributed by atoms with van der Waals surface area (Å²) < 4.78 is 0. The van der Waals surface area contributed by atoms with E-state index in [1.807, 2.05) is 0 Å². The first-order valence-corrected chi connectivity index (χ1v) is 7.04. The van der Waals surface area contributed by atoms with Crippen LogP contribution in [0.2, 0.25) is 0 Å². The molecule has 0 spiro atoms. The van der Waals surface area contributed by atoms with Crippen molar-refractivity contribution in [2.45, 2.75) is 43.4 Å². The maximum atomic E-state index is 11.7. The van der Waals surface area contributed by atoms with Gasteiger partial charge in [0.05, 0.1) is 5.25 Å². The number of carbonyl (C=O) groups is 1. The highest BCUT2D eigenvalue weighted by Crippen LogP contribution is 2.25. The van der Waals surface area contributed by atoms with Crippen molar-refractivity contribution < 1.29 is 4.79 Å². The first kappa shape index (κ1) is 14.1. The SMILES string of the molecule is Cl.O=C(NCC[C@H]1CCCN1)C1CCCS1. The van der Waals surface area contributed by atoms with Gasteiger partial charge in [-0.25, -0.2) is 0 Å². The fraction of sp³-hybridized carbons (Fsp3) is 0.909. The van der Waals surface area contributed by atoms with Crippen LogP contribution >= 0.6 is 24.2 Å². The maximum Gasteiger partial charge on any atom is 0.233 e. The van der Waals surface area contributed by atoms with Crippen LogP contribution in [0.4, 0.5) is 0 Å². The molecule has 0 saturated carbocycles. The summed E-state index contributed by atoms with van der Waals surface area (Å²) in [6.45, 7) is 1.99. The molecule has 0 aliphatic carbocycles. The van der Waals surface area contributed by atoms with Crippen LogP contribution in [-0.2, 0) is 4.79 Å². The average Bonchev–Trinajstić information content (AvgIpc) is 2.90. The minimum Gasteiger partial charge on any atom is -0.355 e. The highest BCUT2D eigenvalue weighted by Gasteiger charge is 2.23. The van der Waals surface area contributed by atoms with Gasteiger partial charge in [-0.2, -0.15) is 0 Å². The van der Waals surface area contributed by atoms with Crippen molar-refractivity contribution in [1.82, 2.24) is 10.6 Å². The third kappa shape index (κ3) is 4.15. The Hall–Kier alpha value is 0.0700. The number of rotatable bonds is 4. The van der Waals surface area contributed by atoms with Gasteiger partial charge in [-0.05, 0) is 44.4 Å². The molecule has 2 N–H and O–H groups in total. The second kappa shape index (κ2) is 7.41. The van der Waals surface area contributed by atoms with Crippen LogP contribution in [0.3, 0.4) is 0 Å². The van der Waals surface area contributed by atoms with Gasteiger partial charge in [0, 0.05) is 12.6 Å². The largest absolute Gasteiger partial charge is 0.355 e. The predicted octanol–water partition coefficient (Wildman–Crippen LogP) is 1.56. The van der Waals surface area contributed by atoms with E-state index in [4.69, 9.17) is 0 Å². The average molecular weight is 265 g/mol. The smallest absolute Gasteiger partial charge is 0.233 e. The van der Waals surface area contributed by atoms with Crippen LogP contribution in [-0.4, -0.2) is 36.0 Å². The van der Waals surface area contributed by atoms with Crippen LogP contribution in [0.1, 0.15) is 32.1 Å². The predicted molar refractivity (Wildman–Crippen MR) is 71.4 cm³/mol. The van der Waals surface area contributed by atoms with Crippen LogP contribution in [0, 0.1) is 0 Å². The fourth-order valence-electron chi connectivity index (χ4n) is 2.27. The summed E-state index contributed by atoms with van der Waals surface area (Å²) in [5.41, 5.74) is 0. The van der Waals surface area contributed by atoms with E-state index < -0.39 is 0 Å². The third-order valence-corrected chi connectivity index (χ3v) is 4.55. The molecule has 1 amide bonds. The van der Waals surface area contributed by atoms with Crippen LogP contribution in [0.25, 0.3) is 0 Å². The molecule has 94 valence electrons. The summed E-state index contributed by atoms with van der Waals surface area (Å²) in [6, 6.07) is 0.640. The molecule has 2 heterocycles. The number of hydrogen-bond donors (Lipinski definition) is 2. The minimum absolute atomic E-state index is 0. The lowest BCUT2D eigenvalue weighted by Gasteiger charge is -2.12. The molecule has 5 heteroatoms. The standard InChI is InChI=1S/C11H20N2OS.ClH/c14-11(10-4-2-8-15-10)13-7-5-9-3-1-6-12-9;/h9-10,12H,1-8H2,(H,13,14);1H/t9-,10?;/m1./s1. The minimum atomic E-state index is 0. The highest BCUT2D eigenvalue weighted by atomic mass is 35.5. The molecule has 2 aliphatic rings. The second-order valence-corrected chi connectivity index (χ2v) is 5.69. The van der Waals surface area contributed by atoms with Crippen LogP contribution < -0.4 is 10.6 Å². The zero-order valence-electron chi connectivity index (χ0n) is 9.54. The van der Waals surface area contributed by atoms with E-state index in [0.717, 1.165) is 31.7 Å². The molecule has 0 aromatic heterocycles. The van der Waals surface area contributed by atoms with Gasteiger partial charge in [-0.3, -0.25) is 4.79 Å². The Morgan fingerprint density at radius 2 is 2.25 bits per heavy atom. The van der Waals surface area contributed by atoms with Crippen LogP contribution in [0.15, 0.2) is 0 Å². The van der Waals surface area contributed by atoms with E-state index in [2.05, 4.69) is 10.6 Å². The molecule has 2 rings (SSSR count). The maximum absolute atomic E-state index is 11.7. The van der Waals surface area contributed by atoms with Crippen molar-refractivity contribution in [1.29, 1.82) is 0 Å². The van der Waals surface area contributed by atoms with Gasteiger partial charge >= 0.3 is 0 Å². The number of halogens is 1. The lowest BCUT2D eigenvalue weighted by atomic mass is 10.1. The van der Waals surface area contributed by atoms with E-state index in [-0.39, 0.29) is 23.6 Å². The lowest BCUT2D eigenvalue weighted by Crippen LogP contribution is -2.35. The zero-order valence-corrected chi connectivity index (χ0v) is 11.2. The molecule has 0 aromatic rings. The van der Waals surface area contributed by atoms with Crippen molar-refractivity contribution in [3.63, 3.8) is 0 Å². The first-order valence-electron chi connectivity index (χ1n) is 5.99. The Bertz CT molecular complexity index is 216. The quantitative estimate of drug-likeness (QED) is 0.810. The van der Waals surface area contributed by atoms with Crippen molar-refractivity contribution >= 4 is 30.1 Å². The summed E-state index contributed by atoms with van der Waals surface area (Å²) in [4.78, 5) is 11.7. The Labute approximate surface area is 108 Å². The van der Waals surface area contributed by atoms with E-state index in [1.54, 1.807) is 11.8 Å². The van der Waals surface area contributed by atoms with Gasteiger partial charge in [0.25, 0.3) is 0 Å². The summed E-state index contributed by atoms with van der Waals surface area (Å²) in [6.07, 6.45) is 5.92. The summed E-state index contributed by atoms with van der Waals surface area (Å²) in [5.74, 6) is 1.41. The van der Waals surface area contributed by atoms with Crippen molar-refractivity contribution in [3.8, 4) is 0 Å². The molecule has 2 atom stereocenters. The molecule has 16 heavy (non-hydrogen) atoms. The van der Waals surface area contributed by atoms with E-state index in [9.17, 15) is 4.79 Å². The van der Waals surface area contributed by atoms with E-state index >= 15 is 0 Å². The van der Waals surface area contributed by atoms with E-state index in [0.29, 0.717) is 6.04 Å². The fourth-order valence-corrected chi connectivity index (χ4v) is 3.46. The van der Waals surface area contributed by atoms with Gasteiger partial charge in [-0.15, -0.1) is 24.2 Å². The Balaban J connectivity index is 0.00000128. The van der Waals surface area contributed by atoms with E-state index in [1.165, 1.54) is 19.3 Å². The lowest BCUT2D eigenvalue weighted by molar-refractivity contribution is -0.120.